The third-order valence-electron chi connectivity index (χ3n) is 7.06. The fourth-order valence-electron chi connectivity index (χ4n) is 4.84. The molecule has 0 radical (unpaired) electrons. The largest absolute Gasteiger partial charge is 0.508 e. The van der Waals surface area contributed by atoms with Crippen molar-refractivity contribution in [2.75, 3.05) is 13.2 Å². The van der Waals surface area contributed by atoms with Gasteiger partial charge in [-0.2, -0.15) is 0 Å². The first kappa shape index (κ1) is 28.5. The summed E-state index contributed by atoms with van der Waals surface area (Å²) < 4.78 is 28.2. The molecule has 10 atom stereocenters. The van der Waals surface area contributed by atoms with E-state index in [0.29, 0.717) is 5.56 Å². The summed E-state index contributed by atoms with van der Waals surface area (Å²) in [7, 11) is 0. The maximum absolute atomic E-state index is 12.8. The van der Waals surface area contributed by atoms with Crippen molar-refractivity contribution in [2.45, 2.75) is 67.8 Å². The Morgan fingerprint density at radius 1 is 0.900 bits per heavy atom. The van der Waals surface area contributed by atoms with Gasteiger partial charge in [0.05, 0.1) is 19.6 Å². The lowest BCUT2D eigenvalue weighted by Gasteiger charge is -2.44. The van der Waals surface area contributed by atoms with Crippen LogP contribution >= 0.6 is 0 Å². The minimum absolute atomic E-state index is 0.0139. The number of phenolic OH excluding ortho intramolecular Hbond substituents is 2. The Morgan fingerprint density at radius 3 is 2.33 bits per heavy atom. The zero-order valence-electron chi connectivity index (χ0n) is 20.9. The highest BCUT2D eigenvalue weighted by Crippen LogP contribution is 2.43. The summed E-state index contributed by atoms with van der Waals surface area (Å²) in [5.74, 6) is -0.942. The highest BCUT2D eigenvalue weighted by Gasteiger charge is 2.50. The molecule has 0 aromatic heterocycles. The van der Waals surface area contributed by atoms with Gasteiger partial charge in [0.25, 0.3) is 0 Å². The third kappa shape index (κ3) is 5.45. The molecule has 8 N–H and O–H groups in total. The highest BCUT2D eigenvalue weighted by atomic mass is 16.8. The molecule has 0 aliphatic carbocycles. The molecule has 40 heavy (non-hydrogen) atoms. The Labute approximate surface area is 227 Å². The van der Waals surface area contributed by atoms with E-state index in [1.807, 2.05) is 0 Å². The van der Waals surface area contributed by atoms with E-state index in [1.54, 1.807) is 12.1 Å². The molecule has 2 fully saturated rings. The second kappa shape index (κ2) is 11.4. The number of aromatic hydroxyl groups is 2. The zero-order valence-corrected chi connectivity index (χ0v) is 20.9. The fraction of sp³-hybridized carbons (Fsp3) is 0.500. The number of hydrogen-bond acceptors (Lipinski definition) is 14. The summed E-state index contributed by atoms with van der Waals surface area (Å²) in [6, 6.07) is 8.49. The number of ketones is 1. The molecule has 14 heteroatoms. The van der Waals surface area contributed by atoms with Crippen molar-refractivity contribution in [1.82, 2.24) is 0 Å². The molecule has 3 aliphatic rings. The van der Waals surface area contributed by atoms with E-state index < -0.39 is 86.2 Å². The summed E-state index contributed by atoms with van der Waals surface area (Å²) >= 11 is 0. The molecule has 0 bridgehead atoms. The van der Waals surface area contributed by atoms with E-state index in [9.17, 15) is 45.6 Å². The number of aliphatic hydroxyl groups is 6. The molecule has 0 amide bonds. The van der Waals surface area contributed by atoms with Crippen LogP contribution in [0.15, 0.2) is 36.4 Å². The van der Waals surface area contributed by atoms with E-state index in [-0.39, 0.29) is 29.2 Å². The standard InChI is InChI=1S/C26H30O14/c27-8-18-21(33)22(34)24(40-25-23(35)20(32)15(31)9-36-25)26(39-18)37-12-5-13(29)19-14(30)7-16(38-17(19)6-12)10-1-3-11(28)4-2-10/h1-6,15-16,18,20-29,31-35H,7-9H2/t15-,16-,18+,20+,21+,22-,23+,24+,25-,26+/m0/s1. The lowest BCUT2D eigenvalue weighted by atomic mass is 9.95. The van der Waals surface area contributed by atoms with E-state index in [1.165, 1.54) is 18.2 Å². The maximum atomic E-state index is 12.8. The average molecular weight is 567 g/mol. The second-order valence-electron chi connectivity index (χ2n) is 9.82. The number of ether oxygens (including phenoxy) is 5. The number of hydrogen-bond donors (Lipinski definition) is 8. The molecule has 14 nitrogen and oxygen atoms in total. The Bertz CT molecular complexity index is 1200. The van der Waals surface area contributed by atoms with Crippen LogP contribution in [0.5, 0.6) is 23.0 Å². The third-order valence-corrected chi connectivity index (χ3v) is 7.06. The number of phenols is 2. The Balaban J connectivity index is 1.40. The van der Waals surface area contributed by atoms with E-state index in [2.05, 4.69) is 0 Å². The first-order valence-corrected chi connectivity index (χ1v) is 12.5. The number of fused-ring (bicyclic) bond motifs is 1. The van der Waals surface area contributed by atoms with E-state index >= 15 is 0 Å². The summed E-state index contributed by atoms with van der Waals surface area (Å²) in [6.07, 6.45) is -14.9. The maximum Gasteiger partial charge on any atom is 0.229 e. The molecule has 0 unspecified atom stereocenters. The predicted octanol–water partition coefficient (Wildman–Crippen LogP) is -1.55. The zero-order chi connectivity index (χ0) is 28.7. The predicted molar refractivity (Wildman–Crippen MR) is 130 cm³/mol. The minimum Gasteiger partial charge on any atom is -0.508 e. The van der Waals surface area contributed by atoms with Crippen LogP contribution in [-0.4, -0.2) is 115 Å². The van der Waals surface area contributed by atoms with E-state index in [4.69, 9.17) is 23.7 Å². The van der Waals surface area contributed by atoms with Gasteiger partial charge in [-0.1, -0.05) is 12.1 Å². The SMILES string of the molecule is O=C1C[C@@H](c2ccc(O)cc2)Oc2cc(O[C@@H]3O[C@H](CO)[C@@H](O)[C@H](O)[C@H]3O[C@@H]3OC[C@H](O)[C@@H](O)[C@H]3O)cc(O)c21. The van der Waals surface area contributed by atoms with Gasteiger partial charge in [0.1, 0.15) is 71.3 Å². The molecule has 3 heterocycles. The molecule has 5 rings (SSSR count). The molecule has 218 valence electrons. The fourth-order valence-corrected chi connectivity index (χ4v) is 4.84. The monoisotopic (exact) mass is 566 g/mol. The molecule has 0 saturated carbocycles. The van der Waals surface area contributed by atoms with Gasteiger partial charge in [-0.25, -0.2) is 0 Å². The van der Waals surface area contributed by atoms with Crippen molar-refractivity contribution in [1.29, 1.82) is 0 Å². The first-order valence-electron chi connectivity index (χ1n) is 12.5. The second-order valence-corrected chi connectivity index (χ2v) is 9.82. The summed E-state index contributed by atoms with van der Waals surface area (Å²) in [6.45, 7) is -1.11. The Morgan fingerprint density at radius 2 is 1.62 bits per heavy atom. The smallest absolute Gasteiger partial charge is 0.229 e. The van der Waals surface area contributed by atoms with Crippen molar-refractivity contribution in [3.63, 3.8) is 0 Å². The van der Waals surface area contributed by atoms with Gasteiger partial charge in [-0.15, -0.1) is 0 Å². The number of rotatable bonds is 6. The molecular formula is C26H30O14. The number of carbonyl (C=O) groups is 1. The van der Waals surface area contributed by atoms with Crippen LogP contribution in [0.25, 0.3) is 0 Å². The summed E-state index contributed by atoms with van der Waals surface area (Å²) in [5, 5.41) is 80.9. The van der Waals surface area contributed by atoms with Crippen LogP contribution in [0.3, 0.4) is 0 Å². The van der Waals surface area contributed by atoms with Crippen LogP contribution < -0.4 is 9.47 Å². The van der Waals surface area contributed by atoms with Crippen LogP contribution in [0, 0.1) is 0 Å². The van der Waals surface area contributed by atoms with E-state index in [0.717, 1.165) is 6.07 Å². The van der Waals surface area contributed by atoms with Gasteiger partial charge in [0.15, 0.2) is 18.2 Å². The lowest BCUT2D eigenvalue weighted by Crippen LogP contribution is -2.63. The minimum atomic E-state index is -1.74. The van der Waals surface area contributed by atoms with Gasteiger partial charge in [0, 0.05) is 12.1 Å². The van der Waals surface area contributed by atoms with Gasteiger partial charge in [0.2, 0.25) is 6.29 Å². The first-order chi connectivity index (χ1) is 19.1. The van der Waals surface area contributed by atoms with Gasteiger partial charge < -0.3 is 64.5 Å². The van der Waals surface area contributed by atoms with Gasteiger partial charge in [-0.05, 0) is 17.7 Å². The van der Waals surface area contributed by atoms with Crippen LogP contribution in [-0.2, 0) is 14.2 Å². The van der Waals surface area contributed by atoms with Crippen LogP contribution in [0.4, 0.5) is 0 Å². The topological polar surface area (TPSA) is 225 Å². The number of carbonyl (C=O) groups excluding carboxylic acids is 1. The molecule has 3 aliphatic heterocycles. The molecule has 2 saturated heterocycles. The van der Waals surface area contributed by atoms with Gasteiger partial charge in [-0.3, -0.25) is 4.79 Å². The van der Waals surface area contributed by atoms with Crippen molar-refractivity contribution in [3.05, 3.63) is 47.5 Å². The van der Waals surface area contributed by atoms with Crippen molar-refractivity contribution < 1.29 is 69.3 Å². The summed E-state index contributed by atoms with van der Waals surface area (Å²) in [5.41, 5.74) is 0.530. The van der Waals surface area contributed by atoms with Crippen molar-refractivity contribution in [2.24, 2.45) is 0 Å². The number of benzene rings is 2. The van der Waals surface area contributed by atoms with Crippen LogP contribution in [0.1, 0.15) is 28.4 Å². The molecule has 2 aromatic carbocycles. The Hall–Kier alpha value is -3.05. The highest BCUT2D eigenvalue weighted by molar-refractivity contribution is 6.02. The molecule has 0 spiro atoms. The quantitative estimate of drug-likeness (QED) is 0.198. The van der Waals surface area contributed by atoms with Crippen molar-refractivity contribution >= 4 is 5.78 Å². The van der Waals surface area contributed by atoms with Gasteiger partial charge >= 0.3 is 0 Å². The normalized spacial score (nSPS) is 36.0. The lowest BCUT2D eigenvalue weighted by molar-refractivity contribution is -0.344. The van der Waals surface area contributed by atoms with Crippen molar-refractivity contribution in [3.8, 4) is 23.0 Å². The number of Topliss-reactive ketones (excluding diaryl/α,β-unsaturated/α-hetero) is 1. The molecule has 2 aromatic rings. The average Bonchev–Trinajstić information content (AvgIpc) is 2.92. The summed E-state index contributed by atoms with van der Waals surface area (Å²) in [4.78, 5) is 12.8. The number of aliphatic hydroxyl groups excluding tert-OH is 6. The molecular weight excluding hydrogens is 536 g/mol. The van der Waals surface area contributed by atoms with Crippen LogP contribution in [0.2, 0.25) is 0 Å². The Kier molecular flexibility index (Phi) is 8.15.